The number of nitrogens with two attached hydrogens (primary N) is 1. The van der Waals surface area contributed by atoms with Gasteiger partial charge in [0.1, 0.15) is 0 Å². The Labute approximate surface area is 99.0 Å². The van der Waals surface area contributed by atoms with Gasteiger partial charge in [-0.2, -0.15) is 0 Å². The van der Waals surface area contributed by atoms with Gasteiger partial charge in [0.25, 0.3) is 0 Å². The summed E-state index contributed by atoms with van der Waals surface area (Å²) in [4.78, 5) is 2.42. The van der Waals surface area contributed by atoms with Gasteiger partial charge in [-0.1, -0.05) is 12.8 Å². The molecule has 0 radical (unpaired) electrons. The second-order valence-corrected chi connectivity index (χ2v) is 5.92. The Morgan fingerprint density at radius 3 is 2.50 bits per heavy atom. The van der Waals surface area contributed by atoms with Gasteiger partial charge in [0.05, 0.1) is 6.10 Å². The lowest BCUT2D eigenvalue weighted by molar-refractivity contribution is 0.0250. The molecule has 16 heavy (non-hydrogen) atoms. The predicted molar refractivity (Wildman–Crippen MR) is 66.2 cm³/mol. The third-order valence-corrected chi connectivity index (χ3v) is 4.29. The standard InChI is InChI=1S/C13H26N2O/c1-15(8-10-6-12(16)7-10)9-11-4-2-3-5-13(11)14/h10-13,16H,2-9,14H2,1H3. The SMILES string of the molecule is CN(CC1CC(O)C1)CC1CCCCC1N. The molecule has 0 aromatic heterocycles. The van der Waals surface area contributed by atoms with Crippen LogP contribution in [0.4, 0.5) is 0 Å². The van der Waals surface area contributed by atoms with Crippen molar-refractivity contribution in [2.45, 2.75) is 50.7 Å². The summed E-state index contributed by atoms with van der Waals surface area (Å²) in [7, 11) is 2.20. The Balaban J connectivity index is 1.67. The zero-order chi connectivity index (χ0) is 11.5. The fourth-order valence-corrected chi connectivity index (χ4v) is 3.23. The van der Waals surface area contributed by atoms with E-state index in [4.69, 9.17) is 5.73 Å². The van der Waals surface area contributed by atoms with E-state index in [1.165, 1.54) is 25.7 Å². The van der Waals surface area contributed by atoms with Crippen LogP contribution < -0.4 is 5.73 Å². The molecule has 0 bridgehead atoms. The Hall–Kier alpha value is -0.120. The van der Waals surface area contributed by atoms with E-state index in [1.54, 1.807) is 0 Å². The molecule has 3 nitrogen and oxygen atoms in total. The highest BCUT2D eigenvalue weighted by atomic mass is 16.3. The Bertz CT molecular complexity index is 216. The predicted octanol–water partition coefficient (Wildman–Crippen LogP) is 1.21. The van der Waals surface area contributed by atoms with Gasteiger partial charge in [-0.25, -0.2) is 0 Å². The molecule has 0 aliphatic heterocycles. The maximum atomic E-state index is 9.26. The van der Waals surface area contributed by atoms with Crippen molar-refractivity contribution in [1.82, 2.24) is 4.90 Å². The molecule has 2 unspecified atom stereocenters. The fraction of sp³-hybridized carbons (Fsp3) is 1.00. The van der Waals surface area contributed by atoms with Gasteiger partial charge in [0, 0.05) is 19.1 Å². The van der Waals surface area contributed by atoms with E-state index >= 15 is 0 Å². The summed E-state index contributed by atoms with van der Waals surface area (Å²) < 4.78 is 0. The number of aliphatic hydroxyl groups excluding tert-OH is 1. The minimum atomic E-state index is -0.0182. The van der Waals surface area contributed by atoms with E-state index in [9.17, 15) is 5.11 Å². The molecule has 0 saturated heterocycles. The lowest BCUT2D eigenvalue weighted by Crippen LogP contribution is -2.43. The van der Waals surface area contributed by atoms with Gasteiger partial charge in [-0.3, -0.25) is 0 Å². The maximum Gasteiger partial charge on any atom is 0.0546 e. The number of nitrogens with zero attached hydrogens (tertiary/aromatic N) is 1. The van der Waals surface area contributed by atoms with Gasteiger partial charge in [-0.15, -0.1) is 0 Å². The molecule has 0 spiro atoms. The molecule has 2 saturated carbocycles. The Morgan fingerprint density at radius 1 is 1.19 bits per heavy atom. The van der Waals surface area contributed by atoms with Crippen LogP contribution in [-0.4, -0.2) is 42.3 Å². The van der Waals surface area contributed by atoms with E-state index < -0.39 is 0 Å². The average molecular weight is 226 g/mol. The van der Waals surface area contributed by atoms with Crippen molar-refractivity contribution in [3.05, 3.63) is 0 Å². The summed E-state index contributed by atoms with van der Waals surface area (Å²) in [6, 6.07) is 0.420. The monoisotopic (exact) mass is 226 g/mol. The molecule has 3 N–H and O–H groups in total. The number of hydrogen-bond acceptors (Lipinski definition) is 3. The molecule has 2 aliphatic carbocycles. The van der Waals surface area contributed by atoms with Crippen molar-refractivity contribution in [3.63, 3.8) is 0 Å². The molecule has 0 amide bonds. The first-order valence-corrected chi connectivity index (χ1v) is 6.77. The smallest absolute Gasteiger partial charge is 0.0546 e. The summed E-state index contributed by atoms with van der Waals surface area (Å²) in [6.07, 6.45) is 7.17. The first-order chi connectivity index (χ1) is 7.65. The lowest BCUT2D eigenvalue weighted by Gasteiger charge is -2.37. The molecule has 0 aromatic carbocycles. The molecule has 2 rings (SSSR count). The number of hydrogen-bond donors (Lipinski definition) is 2. The van der Waals surface area contributed by atoms with Crippen molar-refractivity contribution in [2.24, 2.45) is 17.6 Å². The van der Waals surface area contributed by atoms with Crippen LogP contribution in [0.15, 0.2) is 0 Å². The third-order valence-electron chi connectivity index (χ3n) is 4.29. The van der Waals surface area contributed by atoms with Crippen LogP contribution in [0, 0.1) is 11.8 Å². The molecule has 94 valence electrons. The van der Waals surface area contributed by atoms with Crippen molar-refractivity contribution in [1.29, 1.82) is 0 Å². The quantitative estimate of drug-likeness (QED) is 0.757. The van der Waals surface area contributed by atoms with Crippen LogP contribution in [0.3, 0.4) is 0 Å². The van der Waals surface area contributed by atoms with Gasteiger partial charge in [0.2, 0.25) is 0 Å². The van der Waals surface area contributed by atoms with Crippen molar-refractivity contribution in [3.8, 4) is 0 Å². The summed E-state index contributed by atoms with van der Waals surface area (Å²) in [5.74, 6) is 1.42. The third kappa shape index (κ3) is 3.19. The minimum absolute atomic E-state index is 0.0182. The fourth-order valence-electron chi connectivity index (χ4n) is 3.23. The van der Waals surface area contributed by atoms with Crippen LogP contribution in [0.2, 0.25) is 0 Å². The van der Waals surface area contributed by atoms with Crippen molar-refractivity contribution >= 4 is 0 Å². The molecule has 2 fully saturated rings. The average Bonchev–Trinajstić information content (AvgIpc) is 2.19. The summed E-state index contributed by atoms with van der Waals surface area (Å²) in [6.45, 7) is 2.29. The van der Waals surface area contributed by atoms with Crippen molar-refractivity contribution in [2.75, 3.05) is 20.1 Å². The lowest BCUT2D eigenvalue weighted by atomic mass is 9.81. The van der Waals surface area contributed by atoms with Gasteiger partial charge >= 0.3 is 0 Å². The summed E-state index contributed by atoms with van der Waals surface area (Å²) in [5, 5.41) is 9.26. The zero-order valence-electron chi connectivity index (χ0n) is 10.4. The molecular weight excluding hydrogens is 200 g/mol. The molecule has 2 atom stereocenters. The Kier molecular flexibility index (Phi) is 4.22. The van der Waals surface area contributed by atoms with Crippen LogP contribution in [0.5, 0.6) is 0 Å². The van der Waals surface area contributed by atoms with Crippen LogP contribution in [-0.2, 0) is 0 Å². The minimum Gasteiger partial charge on any atom is -0.393 e. The summed E-state index contributed by atoms with van der Waals surface area (Å²) in [5.41, 5.74) is 6.16. The van der Waals surface area contributed by atoms with Crippen LogP contribution in [0.25, 0.3) is 0 Å². The topological polar surface area (TPSA) is 49.5 Å². The first kappa shape index (κ1) is 12.3. The molecule has 2 aliphatic rings. The van der Waals surface area contributed by atoms with Gasteiger partial charge in [-0.05, 0) is 44.6 Å². The van der Waals surface area contributed by atoms with E-state index in [0.29, 0.717) is 12.0 Å². The maximum absolute atomic E-state index is 9.26. The Morgan fingerprint density at radius 2 is 1.88 bits per heavy atom. The highest BCUT2D eigenvalue weighted by Gasteiger charge is 2.29. The van der Waals surface area contributed by atoms with Crippen LogP contribution in [0.1, 0.15) is 38.5 Å². The zero-order valence-corrected chi connectivity index (χ0v) is 10.4. The van der Waals surface area contributed by atoms with E-state index in [0.717, 1.165) is 31.8 Å². The van der Waals surface area contributed by atoms with Gasteiger partial charge in [0.15, 0.2) is 0 Å². The molecule has 0 aromatic rings. The molecular formula is C13H26N2O. The van der Waals surface area contributed by atoms with Crippen LogP contribution >= 0.6 is 0 Å². The van der Waals surface area contributed by atoms with E-state index in [1.807, 2.05) is 0 Å². The second kappa shape index (κ2) is 5.48. The van der Waals surface area contributed by atoms with E-state index in [2.05, 4.69) is 11.9 Å². The first-order valence-electron chi connectivity index (χ1n) is 6.77. The number of rotatable bonds is 4. The normalized spacial score (nSPS) is 39.8. The highest BCUT2D eigenvalue weighted by Crippen LogP contribution is 2.29. The highest BCUT2D eigenvalue weighted by molar-refractivity contribution is 4.83. The second-order valence-electron chi connectivity index (χ2n) is 5.92. The largest absolute Gasteiger partial charge is 0.393 e. The number of aliphatic hydroxyl groups is 1. The van der Waals surface area contributed by atoms with Gasteiger partial charge < -0.3 is 15.7 Å². The molecule has 3 heteroatoms. The molecule has 0 heterocycles. The summed E-state index contributed by atoms with van der Waals surface area (Å²) >= 11 is 0. The van der Waals surface area contributed by atoms with Crippen molar-refractivity contribution < 1.29 is 5.11 Å². The van der Waals surface area contributed by atoms with E-state index in [-0.39, 0.29) is 6.10 Å².